The van der Waals surface area contributed by atoms with Gasteiger partial charge in [-0.15, -0.1) is 0 Å². The molecule has 0 N–H and O–H groups in total. The van der Waals surface area contributed by atoms with Gasteiger partial charge in [0.2, 0.25) is 0 Å². The quantitative estimate of drug-likeness (QED) is 0.596. The summed E-state index contributed by atoms with van der Waals surface area (Å²) in [5, 5.41) is 0. The van der Waals surface area contributed by atoms with Gasteiger partial charge < -0.3 is 4.74 Å². The second-order valence-electron chi connectivity index (χ2n) is 3.76. The summed E-state index contributed by atoms with van der Waals surface area (Å²) in [6.45, 7) is -0.00947. The van der Waals surface area contributed by atoms with E-state index < -0.39 is 0 Å². The zero-order valence-electron chi connectivity index (χ0n) is 9.71. The standard InChI is InChI=1S/C15H12O3/c16-10-12-6-8-14(9-7-12)18-11-15(17)13-4-2-1-3-5-13/h1-10H,11H2. The van der Waals surface area contributed by atoms with E-state index in [1.807, 2.05) is 18.2 Å². The Morgan fingerprint density at radius 2 is 1.67 bits per heavy atom. The number of hydrogen-bond donors (Lipinski definition) is 0. The SMILES string of the molecule is O=Cc1ccc(OCC(=O)c2ccccc2)cc1. The first-order valence-corrected chi connectivity index (χ1v) is 5.56. The van der Waals surface area contributed by atoms with Crippen molar-refractivity contribution >= 4 is 12.1 Å². The topological polar surface area (TPSA) is 43.4 Å². The van der Waals surface area contributed by atoms with Crippen LogP contribution in [0.25, 0.3) is 0 Å². The lowest BCUT2D eigenvalue weighted by Crippen LogP contribution is -2.11. The van der Waals surface area contributed by atoms with Gasteiger partial charge >= 0.3 is 0 Å². The first-order chi connectivity index (χ1) is 8.79. The third kappa shape index (κ3) is 3.04. The largest absolute Gasteiger partial charge is 0.485 e. The zero-order valence-corrected chi connectivity index (χ0v) is 9.71. The Hall–Kier alpha value is -2.42. The van der Waals surface area contributed by atoms with Gasteiger partial charge in [0.15, 0.2) is 12.4 Å². The number of ketones is 1. The molecule has 3 nitrogen and oxygen atoms in total. The second kappa shape index (κ2) is 5.77. The summed E-state index contributed by atoms with van der Waals surface area (Å²) >= 11 is 0. The van der Waals surface area contributed by atoms with E-state index in [2.05, 4.69) is 0 Å². The Bertz CT molecular complexity index is 529. The Morgan fingerprint density at radius 3 is 2.28 bits per heavy atom. The molecule has 0 bridgehead atoms. The van der Waals surface area contributed by atoms with Gasteiger partial charge in [-0.3, -0.25) is 9.59 Å². The predicted octanol–water partition coefficient (Wildman–Crippen LogP) is 2.76. The van der Waals surface area contributed by atoms with Gasteiger partial charge in [0.05, 0.1) is 0 Å². The third-order valence-corrected chi connectivity index (χ3v) is 2.48. The van der Waals surface area contributed by atoms with Crippen molar-refractivity contribution in [3.05, 3.63) is 65.7 Å². The molecule has 2 aromatic carbocycles. The first-order valence-electron chi connectivity index (χ1n) is 5.56. The number of Topliss-reactive ketones (excluding diaryl/α,β-unsaturated/α-hetero) is 1. The fourth-order valence-corrected chi connectivity index (χ4v) is 1.50. The molecule has 0 atom stereocenters. The van der Waals surface area contributed by atoms with E-state index in [0.717, 1.165) is 6.29 Å². The summed E-state index contributed by atoms with van der Waals surface area (Å²) in [6.07, 6.45) is 0.763. The summed E-state index contributed by atoms with van der Waals surface area (Å²) in [5.74, 6) is 0.500. The number of aldehydes is 1. The minimum absolute atomic E-state index is 0.00947. The van der Waals surface area contributed by atoms with Crippen LogP contribution >= 0.6 is 0 Å². The van der Waals surface area contributed by atoms with E-state index in [1.54, 1.807) is 36.4 Å². The van der Waals surface area contributed by atoms with Gasteiger partial charge in [0.1, 0.15) is 12.0 Å². The average molecular weight is 240 g/mol. The lowest BCUT2D eigenvalue weighted by atomic mass is 10.1. The third-order valence-electron chi connectivity index (χ3n) is 2.48. The molecule has 2 aromatic rings. The molecule has 0 saturated carbocycles. The molecule has 0 amide bonds. The van der Waals surface area contributed by atoms with Crippen molar-refractivity contribution in [1.82, 2.24) is 0 Å². The van der Waals surface area contributed by atoms with Crippen molar-refractivity contribution in [1.29, 1.82) is 0 Å². The highest BCUT2D eigenvalue weighted by atomic mass is 16.5. The fraction of sp³-hybridized carbons (Fsp3) is 0.0667. The van der Waals surface area contributed by atoms with E-state index >= 15 is 0 Å². The predicted molar refractivity (Wildman–Crippen MR) is 68.1 cm³/mol. The highest BCUT2D eigenvalue weighted by molar-refractivity contribution is 5.97. The minimum atomic E-state index is -0.0740. The van der Waals surface area contributed by atoms with Gasteiger partial charge in [0, 0.05) is 11.1 Å². The number of ether oxygens (including phenoxy) is 1. The molecule has 0 aliphatic heterocycles. The van der Waals surface area contributed by atoms with E-state index in [1.165, 1.54) is 0 Å². The van der Waals surface area contributed by atoms with Crippen LogP contribution in [0, 0.1) is 0 Å². The Labute approximate surface area is 105 Å². The molecule has 0 unspecified atom stereocenters. The van der Waals surface area contributed by atoms with Crippen molar-refractivity contribution in [2.45, 2.75) is 0 Å². The van der Waals surface area contributed by atoms with Gasteiger partial charge in [-0.2, -0.15) is 0 Å². The molecule has 0 aromatic heterocycles. The van der Waals surface area contributed by atoms with Crippen molar-refractivity contribution < 1.29 is 14.3 Å². The molecule has 0 heterocycles. The van der Waals surface area contributed by atoms with E-state index in [4.69, 9.17) is 4.74 Å². The van der Waals surface area contributed by atoms with E-state index in [0.29, 0.717) is 16.9 Å². The summed E-state index contributed by atoms with van der Waals surface area (Å²) in [5.41, 5.74) is 1.21. The van der Waals surface area contributed by atoms with Crippen LogP contribution in [0.1, 0.15) is 20.7 Å². The molecule has 0 spiro atoms. The van der Waals surface area contributed by atoms with E-state index in [-0.39, 0.29) is 12.4 Å². The molecule has 0 radical (unpaired) electrons. The average Bonchev–Trinajstić information content (AvgIpc) is 2.46. The highest BCUT2D eigenvalue weighted by Crippen LogP contribution is 2.11. The van der Waals surface area contributed by atoms with Crippen molar-refractivity contribution in [3.63, 3.8) is 0 Å². The van der Waals surface area contributed by atoms with Crippen LogP contribution in [-0.2, 0) is 0 Å². The van der Waals surface area contributed by atoms with Crippen LogP contribution < -0.4 is 4.74 Å². The van der Waals surface area contributed by atoms with Crippen molar-refractivity contribution in [2.75, 3.05) is 6.61 Å². The molecule has 0 saturated heterocycles. The Morgan fingerprint density at radius 1 is 1.00 bits per heavy atom. The van der Waals surface area contributed by atoms with Gasteiger partial charge in [-0.25, -0.2) is 0 Å². The lowest BCUT2D eigenvalue weighted by Gasteiger charge is -2.05. The zero-order chi connectivity index (χ0) is 12.8. The summed E-state index contributed by atoms with van der Waals surface area (Å²) in [4.78, 5) is 22.2. The smallest absolute Gasteiger partial charge is 0.200 e. The Kier molecular flexibility index (Phi) is 3.86. The van der Waals surface area contributed by atoms with Crippen LogP contribution in [0.3, 0.4) is 0 Å². The van der Waals surface area contributed by atoms with Crippen LogP contribution in [-0.4, -0.2) is 18.7 Å². The van der Waals surface area contributed by atoms with Crippen LogP contribution in [0.2, 0.25) is 0 Å². The molecule has 0 aliphatic rings. The number of carbonyl (C=O) groups is 2. The maximum atomic E-state index is 11.8. The van der Waals surface area contributed by atoms with Crippen LogP contribution in [0.15, 0.2) is 54.6 Å². The maximum Gasteiger partial charge on any atom is 0.200 e. The minimum Gasteiger partial charge on any atom is -0.485 e. The van der Waals surface area contributed by atoms with Crippen LogP contribution in [0.4, 0.5) is 0 Å². The van der Waals surface area contributed by atoms with Crippen molar-refractivity contribution in [3.8, 4) is 5.75 Å². The van der Waals surface area contributed by atoms with Gasteiger partial charge in [-0.1, -0.05) is 30.3 Å². The lowest BCUT2D eigenvalue weighted by molar-refractivity contribution is 0.0921. The normalized spacial score (nSPS) is 9.78. The molecule has 0 fully saturated rings. The van der Waals surface area contributed by atoms with Gasteiger partial charge in [0.25, 0.3) is 0 Å². The molecular formula is C15H12O3. The number of carbonyl (C=O) groups excluding carboxylic acids is 2. The highest BCUT2D eigenvalue weighted by Gasteiger charge is 2.05. The number of rotatable bonds is 5. The molecule has 18 heavy (non-hydrogen) atoms. The fourth-order valence-electron chi connectivity index (χ4n) is 1.50. The molecule has 0 aliphatic carbocycles. The number of benzene rings is 2. The first kappa shape index (κ1) is 12.0. The molecule has 3 heteroatoms. The molecular weight excluding hydrogens is 228 g/mol. The van der Waals surface area contributed by atoms with Crippen LogP contribution in [0.5, 0.6) is 5.75 Å². The maximum absolute atomic E-state index is 11.8. The van der Waals surface area contributed by atoms with Crippen molar-refractivity contribution in [2.24, 2.45) is 0 Å². The molecule has 90 valence electrons. The van der Waals surface area contributed by atoms with E-state index in [9.17, 15) is 9.59 Å². The summed E-state index contributed by atoms with van der Waals surface area (Å²) < 4.78 is 5.36. The molecule has 2 rings (SSSR count). The summed E-state index contributed by atoms with van der Waals surface area (Å²) in [6, 6.07) is 15.6. The number of hydrogen-bond acceptors (Lipinski definition) is 3. The summed E-state index contributed by atoms with van der Waals surface area (Å²) in [7, 11) is 0. The second-order valence-corrected chi connectivity index (χ2v) is 3.76. The Balaban J connectivity index is 1.95. The van der Waals surface area contributed by atoms with Gasteiger partial charge in [-0.05, 0) is 24.3 Å². The monoisotopic (exact) mass is 240 g/mol.